The molecule has 1 aromatic rings. The number of carbonyl (C=O) groups is 1. The Balaban J connectivity index is 1.38. The SMILES string of the molecule is CC1CCN(CCNC(=O)Nc2nc3c(s2)CCCC3)CC1. The van der Waals surface area contributed by atoms with Crippen LogP contribution in [-0.4, -0.2) is 42.1 Å². The lowest BCUT2D eigenvalue weighted by Crippen LogP contribution is -2.40. The molecule has 1 aliphatic carbocycles. The summed E-state index contributed by atoms with van der Waals surface area (Å²) in [5.41, 5.74) is 1.19. The fourth-order valence-electron chi connectivity index (χ4n) is 3.16. The van der Waals surface area contributed by atoms with E-state index in [1.165, 1.54) is 36.3 Å². The smallest absolute Gasteiger partial charge is 0.321 e. The van der Waals surface area contributed by atoms with Crippen LogP contribution in [0.1, 0.15) is 43.2 Å². The number of carbonyl (C=O) groups excluding carboxylic acids is 1. The van der Waals surface area contributed by atoms with Crippen LogP contribution in [0.3, 0.4) is 0 Å². The Hall–Kier alpha value is -1.14. The van der Waals surface area contributed by atoms with Crippen molar-refractivity contribution in [3.63, 3.8) is 0 Å². The molecule has 1 fully saturated rings. The van der Waals surface area contributed by atoms with Crippen LogP contribution < -0.4 is 10.6 Å². The van der Waals surface area contributed by atoms with Crippen LogP contribution in [0, 0.1) is 5.92 Å². The van der Waals surface area contributed by atoms with Crippen molar-refractivity contribution in [3.8, 4) is 0 Å². The van der Waals surface area contributed by atoms with Crippen LogP contribution in [-0.2, 0) is 12.8 Å². The van der Waals surface area contributed by atoms with Crippen molar-refractivity contribution in [2.24, 2.45) is 5.92 Å². The van der Waals surface area contributed by atoms with E-state index in [0.717, 1.165) is 43.5 Å². The molecule has 1 aliphatic heterocycles. The number of aromatic nitrogens is 1. The summed E-state index contributed by atoms with van der Waals surface area (Å²) < 4.78 is 0. The summed E-state index contributed by atoms with van der Waals surface area (Å²) in [6.07, 6.45) is 7.19. The first-order valence-corrected chi connectivity index (χ1v) is 9.28. The second kappa shape index (κ2) is 7.42. The first-order valence-electron chi connectivity index (χ1n) is 8.46. The summed E-state index contributed by atoms with van der Waals surface area (Å²) in [6.45, 7) is 6.27. The number of thiazole rings is 1. The number of amides is 2. The van der Waals surface area contributed by atoms with E-state index >= 15 is 0 Å². The maximum absolute atomic E-state index is 11.9. The second-order valence-corrected chi connectivity index (χ2v) is 7.58. The number of rotatable bonds is 4. The van der Waals surface area contributed by atoms with Gasteiger partial charge in [-0.2, -0.15) is 0 Å². The molecule has 22 heavy (non-hydrogen) atoms. The summed E-state index contributed by atoms with van der Waals surface area (Å²) >= 11 is 1.63. The molecule has 0 bridgehead atoms. The van der Waals surface area contributed by atoms with E-state index in [9.17, 15) is 4.79 Å². The molecule has 0 spiro atoms. The summed E-state index contributed by atoms with van der Waals surface area (Å²) in [6, 6.07) is -0.128. The van der Waals surface area contributed by atoms with Gasteiger partial charge in [-0.15, -0.1) is 11.3 Å². The van der Waals surface area contributed by atoms with Gasteiger partial charge in [0.25, 0.3) is 0 Å². The maximum atomic E-state index is 11.9. The van der Waals surface area contributed by atoms with Crippen molar-refractivity contribution >= 4 is 22.5 Å². The van der Waals surface area contributed by atoms with Gasteiger partial charge >= 0.3 is 6.03 Å². The van der Waals surface area contributed by atoms with Crippen LogP contribution >= 0.6 is 11.3 Å². The molecular weight excluding hydrogens is 296 g/mol. The quantitative estimate of drug-likeness (QED) is 0.896. The van der Waals surface area contributed by atoms with Crippen molar-refractivity contribution in [3.05, 3.63) is 10.6 Å². The molecule has 0 radical (unpaired) electrons. The van der Waals surface area contributed by atoms with E-state index < -0.39 is 0 Å². The fraction of sp³-hybridized carbons (Fsp3) is 0.750. The monoisotopic (exact) mass is 322 g/mol. The number of likely N-dealkylation sites (tertiary alicyclic amines) is 1. The van der Waals surface area contributed by atoms with E-state index in [-0.39, 0.29) is 6.03 Å². The minimum atomic E-state index is -0.128. The molecule has 2 N–H and O–H groups in total. The van der Waals surface area contributed by atoms with Crippen LogP contribution in [0.2, 0.25) is 0 Å². The van der Waals surface area contributed by atoms with Crippen LogP contribution in [0.25, 0.3) is 0 Å². The number of hydrogen-bond donors (Lipinski definition) is 2. The fourth-order valence-corrected chi connectivity index (χ4v) is 4.20. The van der Waals surface area contributed by atoms with Gasteiger partial charge in [-0.25, -0.2) is 9.78 Å². The van der Waals surface area contributed by atoms with Gasteiger partial charge in [-0.1, -0.05) is 6.92 Å². The third-order valence-corrected chi connectivity index (χ3v) is 5.73. The lowest BCUT2D eigenvalue weighted by Gasteiger charge is -2.30. The zero-order valence-electron chi connectivity index (χ0n) is 13.4. The van der Waals surface area contributed by atoms with Crippen molar-refractivity contribution in [1.82, 2.24) is 15.2 Å². The van der Waals surface area contributed by atoms with E-state index in [1.807, 2.05) is 0 Å². The number of fused-ring (bicyclic) bond motifs is 1. The van der Waals surface area contributed by atoms with Crippen LogP contribution in [0.4, 0.5) is 9.93 Å². The number of aryl methyl sites for hydroxylation is 2. The molecule has 2 heterocycles. The largest absolute Gasteiger partial charge is 0.337 e. The highest BCUT2D eigenvalue weighted by Crippen LogP contribution is 2.29. The van der Waals surface area contributed by atoms with Gasteiger partial charge in [-0.05, 0) is 57.5 Å². The maximum Gasteiger partial charge on any atom is 0.321 e. The molecule has 0 saturated carbocycles. The summed E-state index contributed by atoms with van der Waals surface area (Å²) in [5, 5.41) is 6.57. The number of nitrogens with one attached hydrogen (secondary N) is 2. The number of hydrogen-bond acceptors (Lipinski definition) is 4. The molecule has 1 saturated heterocycles. The Kier molecular flexibility index (Phi) is 5.31. The molecular formula is C16H26N4OS. The van der Waals surface area contributed by atoms with Crippen molar-refractivity contribution < 1.29 is 4.79 Å². The minimum absolute atomic E-state index is 0.128. The molecule has 122 valence electrons. The van der Waals surface area contributed by atoms with E-state index in [1.54, 1.807) is 11.3 Å². The van der Waals surface area contributed by atoms with Gasteiger partial charge in [-0.3, -0.25) is 5.32 Å². The predicted molar refractivity (Wildman–Crippen MR) is 90.6 cm³/mol. The predicted octanol–water partition coefficient (Wildman–Crippen LogP) is 2.88. The van der Waals surface area contributed by atoms with Gasteiger partial charge in [0.2, 0.25) is 0 Å². The minimum Gasteiger partial charge on any atom is -0.337 e. The lowest BCUT2D eigenvalue weighted by atomic mass is 9.99. The zero-order valence-corrected chi connectivity index (χ0v) is 14.2. The molecule has 3 rings (SSSR count). The van der Waals surface area contributed by atoms with Gasteiger partial charge in [0, 0.05) is 18.0 Å². The third kappa shape index (κ3) is 4.20. The van der Waals surface area contributed by atoms with Crippen LogP contribution in [0.15, 0.2) is 0 Å². The molecule has 2 amide bonds. The highest BCUT2D eigenvalue weighted by molar-refractivity contribution is 7.15. The summed E-state index contributed by atoms with van der Waals surface area (Å²) in [4.78, 5) is 20.3. The Morgan fingerprint density at radius 1 is 1.32 bits per heavy atom. The average molecular weight is 322 g/mol. The number of nitrogens with zero attached hydrogens (tertiary/aromatic N) is 2. The molecule has 2 aliphatic rings. The average Bonchev–Trinajstić information content (AvgIpc) is 2.91. The first kappa shape index (κ1) is 15.7. The lowest BCUT2D eigenvalue weighted by molar-refractivity contribution is 0.192. The first-order chi connectivity index (χ1) is 10.7. The van der Waals surface area contributed by atoms with Gasteiger partial charge in [0.1, 0.15) is 0 Å². The molecule has 6 heteroatoms. The van der Waals surface area contributed by atoms with Crippen molar-refractivity contribution in [1.29, 1.82) is 0 Å². The van der Waals surface area contributed by atoms with E-state index in [2.05, 4.69) is 27.4 Å². The topological polar surface area (TPSA) is 57.3 Å². The molecule has 1 aromatic heterocycles. The van der Waals surface area contributed by atoms with Crippen molar-refractivity contribution in [2.75, 3.05) is 31.5 Å². The molecule has 0 atom stereocenters. The van der Waals surface area contributed by atoms with Crippen molar-refractivity contribution in [2.45, 2.75) is 45.4 Å². The molecule has 0 unspecified atom stereocenters. The van der Waals surface area contributed by atoms with E-state index in [0.29, 0.717) is 6.54 Å². The van der Waals surface area contributed by atoms with E-state index in [4.69, 9.17) is 0 Å². The highest BCUT2D eigenvalue weighted by atomic mass is 32.1. The Labute approximate surface area is 136 Å². The summed E-state index contributed by atoms with van der Waals surface area (Å²) in [7, 11) is 0. The number of piperidine rings is 1. The Morgan fingerprint density at radius 2 is 2.09 bits per heavy atom. The normalized spacial score (nSPS) is 19.7. The van der Waals surface area contributed by atoms with Gasteiger partial charge in [0.05, 0.1) is 5.69 Å². The summed E-state index contributed by atoms with van der Waals surface area (Å²) in [5.74, 6) is 0.850. The standard InChI is InChI=1S/C16H26N4OS/c1-12-6-9-20(10-7-12)11-8-17-15(21)19-16-18-13-4-2-3-5-14(13)22-16/h12H,2-11H2,1H3,(H2,17,18,19,21). The van der Waals surface area contributed by atoms with Gasteiger partial charge < -0.3 is 10.2 Å². The second-order valence-electron chi connectivity index (χ2n) is 6.50. The van der Waals surface area contributed by atoms with Gasteiger partial charge in [0.15, 0.2) is 5.13 Å². The Bertz CT molecular complexity index is 485. The third-order valence-electron chi connectivity index (χ3n) is 4.66. The zero-order chi connectivity index (χ0) is 15.4. The molecule has 0 aromatic carbocycles. The highest BCUT2D eigenvalue weighted by Gasteiger charge is 2.17. The number of urea groups is 1. The van der Waals surface area contributed by atoms with Crippen LogP contribution in [0.5, 0.6) is 0 Å². The Morgan fingerprint density at radius 3 is 2.86 bits per heavy atom. The number of anilines is 1. The molecule has 5 nitrogen and oxygen atoms in total.